The minimum atomic E-state index is -2.06. The van der Waals surface area contributed by atoms with Crippen LogP contribution in [-0.2, 0) is 4.79 Å². The second-order valence-corrected chi connectivity index (χ2v) is 6.23. The Morgan fingerprint density at radius 2 is 1.68 bits per heavy atom. The van der Waals surface area contributed by atoms with Gasteiger partial charge < -0.3 is 5.11 Å². The standard InChI is InChI=1S/C14H9Cl3O2/c15-14(16,17)13(19)8-12(18)11-6-5-9-3-1-2-4-10(9)7-11/h1-8,18H/b12-8-. The summed E-state index contributed by atoms with van der Waals surface area (Å²) < 4.78 is -2.06. The van der Waals surface area contributed by atoms with Gasteiger partial charge in [0.15, 0.2) is 0 Å². The van der Waals surface area contributed by atoms with E-state index in [9.17, 15) is 9.90 Å². The van der Waals surface area contributed by atoms with Crippen molar-refractivity contribution in [2.45, 2.75) is 3.79 Å². The van der Waals surface area contributed by atoms with Gasteiger partial charge in [0, 0.05) is 11.6 Å². The van der Waals surface area contributed by atoms with Crippen LogP contribution < -0.4 is 0 Å². The van der Waals surface area contributed by atoms with E-state index in [1.165, 1.54) is 0 Å². The fraction of sp³-hybridized carbons (Fsp3) is 0.0714. The molecule has 0 aliphatic rings. The maximum absolute atomic E-state index is 11.5. The van der Waals surface area contributed by atoms with Crippen LogP contribution in [0.4, 0.5) is 0 Å². The van der Waals surface area contributed by atoms with Gasteiger partial charge in [0.2, 0.25) is 5.78 Å². The maximum atomic E-state index is 11.5. The molecule has 0 aliphatic heterocycles. The number of carbonyl (C=O) groups excluding carboxylic acids is 1. The summed E-state index contributed by atoms with van der Waals surface area (Å²) in [5.74, 6) is -1.02. The lowest BCUT2D eigenvalue weighted by Gasteiger charge is -2.07. The van der Waals surface area contributed by atoms with E-state index in [2.05, 4.69) is 0 Å². The largest absolute Gasteiger partial charge is 0.507 e. The number of rotatable bonds is 2. The van der Waals surface area contributed by atoms with Crippen molar-refractivity contribution in [1.82, 2.24) is 0 Å². The molecule has 98 valence electrons. The molecule has 1 N–H and O–H groups in total. The molecule has 0 unspecified atom stereocenters. The summed E-state index contributed by atoms with van der Waals surface area (Å²) in [5.41, 5.74) is 0.487. The lowest BCUT2D eigenvalue weighted by atomic mass is 10.1. The topological polar surface area (TPSA) is 37.3 Å². The Hall–Kier alpha value is -1.22. The monoisotopic (exact) mass is 314 g/mol. The molecule has 0 fully saturated rings. The molecular formula is C14H9Cl3O2. The molecule has 2 rings (SSSR count). The van der Waals surface area contributed by atoms with E-state index in [1.807, 2.05) is 30.3 Å². The number of benzene rings is 2. The highest BCUT2D eigenvalue weighted by atomic mass is 35.6. The van der Waals surface area contributed by atoms with E-state index in [1.54, 1.807) is 12.1 Å². The van der Waals surface area contributed by atoms with Gasteiger partial charge in [0.05, 0.1) is 0 Å². The van der Waals surface area contributed by atoms with Crippen molar-refractivity contribution in [3.05, 3.63) is 54.1 Å². The summed E-state index contributed by atoms with van der Waals surface area (Å²) >= 11 is 16.3. The zero-order valence-corrected chi connectivity index (χ0v) is 11.9. The second-order valence-electron chi connectivity index (χ2n) is 3.95. The number of ketones is 1. The number of carbonyl (C=O) groups is 1. The summed E-state index contributed by atoms with van der Waals surface area (Å²) in [6.45, 7) is 0. The van der Waals surface area contributed by atoms with Gasteiger partial charge in [-0.2, -0.15) is 0 Å². The molecular weight excluding hydrogens is 307 g/mol. The van der Waals surface area contributed by atoms with Crippen LogP contribution in [0.15, 0.2) is 48.5 Å². The van der Waals surface area contributed by atoms with Gasteiger partial charge in [0.1, 0.15) is 5.76 Å². The molecule has 19 heavy (non-hydrogen) atoms. The van der Waals surface area contributed by atoms with E-state index in [4.69, 9.17) is 34.8 Å². The highest BCUT2D eigenvalue weighted by molar-refractivity contribution is 6.77. The smallest absolute Gasteiger partial charge is 0.252 e. The highest BCUT2D eigenvalue weighted by Crippen LogP contribution is 2.29. The van der Waals surface area contributed by atoms with Crippen LogP contribution in [0, 0.1) is 0 Å². The zero-order valence-electron chi connectivity index (χ0n) is 9.61. The zero-order chi connectivity index (χ0) is 14.0. The van der Waals surface area contributed by atoms with E-state index >= 15 is 0 Å². The SMILES string of the molecule is O=C(/C=C(\O)c1ccc2ccccc2c1)C(Cl)(Cl)Cl. The molecule has 0 heterocycles. The molecule has 0 radical (unpaired) electrons. The number of halogens is 3. The third-order valence-corrected chi connectivity index (χ3v) is 3.15. The average molecular weight is 316 g/mol. The Morgan fingerprint density at radius 3 is 2.32 bits per heavy atom. The van der Waals surface area contributed by atoms with Crippen LogP contribution in [-0.4, -0.2) is 14.7 Å². The molecule has 2 aromatic carbocycles. The Morgan fingerprint density at radius 1 is 1.05 bits per heavy atom. The summed E-state index contributed by atoms with van der Waals surface area (Å²) in [7, 11) is 0. The van der Waals surface area contributed by atoms with Crippen molar-refractivity contribution < 1.29 is 9.90 Å². The molecule has 0 aromatic heterocycles. The van der Waals surface area contributed by atoms with Gasteiger partial charge in [-0.25, -0.2) is 0 Å². The van der Waals surface area contributed by atoms with Gasteiger partial charge in [-0.05, 0) is 16.8 Å². The fourth-order valence-corrected chi connectivity index (χ4v) is 1.80. The first-order valence-electron chi connectivity index (χ1n) is 5.39. The first-order chi connectivity index (χ1) is 8.88. The first kappa shape index (κ1) is 14.2. The van der Waals surface area contributed by atoms with Crippen LogP contribution in [0.3, 0.4) is 0 Å². The van der Waals surface area contributed by atoms with Crippen molar-refractivity contribution in [3.8, 4) is 0 Å². The minimum Gasteiger partial charge on any atom is -0.507 e. The van der Waals surface area contributed by atoms with Gasteiger partial charge >= 0.3 is 0 Å². The van der Waals surface area contributed by atoms with Gasteiger partial charge in [0.25, 0.3) is 3.79 Å². The molecule has 0 amide bonds. The van der Waals surface area contributed by atoms with Crippen LogP contribution in [0.25, 0.3) is 16.5 Å². The predicted octanol–water partition coefficient (Wildman–Crippen LogP) is 4.68. The number of hydrogen-bond acceptors (Lipinski definition) is 2. The van der Waals surface area contributed by atoms with Crippen LogP contribution in [0.5, 0.6) is 0 Å². The van der Waals surface area contributed by atoms with Crippen molar-refractivity contribution in [2.24, 2.45) is 0 Å². The van der Waals surface area contributed by atoms with Crippen molar-refractivity contribution >= 4 is 57.1 Å². The third kappa shape index (κ3) is 3.41. The second kappa shape index (κ2) is 5.41. The van der Waals surface area contributed by atoms with Gasteiger partial charge in [-0.1, -0.05) is 71.2 Å². The van der Waals surface area contributed by atoms with E-state index in [0.717, 1.165) is 16.8 Å². The van der Waals surface area contributed by atoms with Crippen LogP contribution in [0.2, 0.25) is 0 Å². The average Bonchev–Trinajstić information content (AvgIpc) is 2.37. The number of aliphatic hydroxyl groups excluding tert-OH is 1. The first-order valence-corrected chi connectivity index (χ1v) is 6.52. The van der Waals surface area contributed by atoms with E-state index in [-0.39, 0.29) is 5.76 Å². The fourth-order valence-electron chi connectivity index (χ4n) is 1.64. The van der Waals surface area contributed by atoms with Gasteiger partial charge in [-0.3, -0.25) is 4.79 Å². The van der Waals surface area contributed by atoms with E-state index < -0.39 is 9.58 Å². The normalized spacial score (nSPS) is 12.7. The Bertz CT molecular complexity index is 657. The van der Waals surface area contributed by atoms with Crippen molar-refractivity contribution in [2.75, 3.05) is 0 Å². The number of aliphatic hydroxyl groups is 1. The lowest BCUT2D eigenvalue weighted by Crippen LogP contribution is -2.16. The van der Waals surface area contributed by atoms with Crippen LogP contribution in [0.1, 0.15) is 5.56 Å². The molecule has 0 bridgehead atoms. The molecule has 0 spiro atoms. The molecule has 0 saturated carbocycles. The van der Waals surface area contributed by atoms with Crippen molar-refractivity contribution in [3.63, 3.8) is 0 Å². The van der Waals surface area contributed by atoms with Gasteiger partial charge in [-0.15, -0.1) is 0 Å². The third-order valence-electron chi connectivity index (χ3n) is 2.59. The predicted molar refractivity (Wildman–Crippen MR) is 79.9 cm³/mol. The molecule has 5 heteroatoms. The Labute approximate surface area is 125 Å². The van der Waals surface area contributed by atoms with Crippen LogP contribution >= 0.6 is 34.8 Å². The molecule has 2 aromatic rings. The summed E-state index contributed by atoms with van der Waals surface area (Å²) in [5, 5.41) is 11.9. The molecule has 2 nitrogen and oxygen atoms in total. The maximum Gasteiger partial charge on any atom is 0.252 e. The highest BCUT2D eigenvalue weighted by Gasteiger charge is 2.29. The van der Waals surface area contributed by atoms with Crippen molar-refractivity contribution in [1.29, 1.82) is 0 Å². The summed E-state index contributed by atoms with van der Waals surface area (Å²) in [4.78, 5) is 11.5. The number of alkyl halides is 3. The Kier molecular flexibility index (Phi) is 4.04. The minimum absolute atomic E-state index is 0.234. The Balaban J connectivity index is 2.39. The number of fused-ring (bicyclic) bond motifs is 1. The molecule has 0 saturated heterocycles. The summed E-state index contributed by atoms with van der Waals surface area (Å²) in [6, 6.07) is 13.0. The lowest BCUT2D eigenvalue weighted by molar-refractivity contribution is -0.113. The van der Waals surface area contributed by atoms with E-state index in [0.29, 0.717) is 5.56 Å². The number of hydrogen-bond donors (Lipinski definition) is 1. The summed E-state index contributed by atoms with van der Waals surface area (Å²) in [6.07, 6.45) is 0.914. The quantitative estimate of drug-likeness (QED) is 0.496. The number of allylic oxidation sites excluding steroid dienone is 1. The molecule has 0 aliphatic carbocycles. The molecule has 0 atom stereocenters.